The zero-order valence-electron chi connectivity index (χ0n) is 11.7. The predicted octanol–water partition coefficient (Wildman–Crippen LogP) is 3.16. The Kier molecular flexibility index (Phi) is 7.98. The van der Waals surface area contributed by atoms with Gasteiger partial charge < -0.3 is 10.6 Å². The summed E-state index contributed by atoms with van der Waals surface area (Å²) in [5.41, 5.74) is 1.25. The Balaban J connectivity index is 0.00000289. The molecule has 0 saturated carbocycles. The van der Waals surface area contributed by atoms with Gasteiger partial charge in [-0.3, -0.25) is 0 Å². The molecule has 0 heterocycles. The molecule has 0 radical (unpaired) electrons. The molecule has 0 aromatic heterocycles. The highest BCUT2D eigenvalue weighted by Crippen LogP contribution is 2.02. The molecule has 0 fully saturated rings. The lowest BCUT2D eigenvalue weighted by atomic mass is 10.1. The Hall–Kier alpha value is -0.780. The topological polar surface area (TPSA) is 36.4 Å². The highest BCUT2D eigenvalue weighted by molar-refractivity contribution is 14.0. The van der Waals surface area contributed by atoms with Crippen LogP contribution >= 0.6 is 24.0 Å². The maximum atomic E-state index is 4.56. The number of benzene rings is 1. The maximum Gasteiger partial charge on any atom is 0.191 e. The van der Waals surface area contributed by atoms with E-state index in [1.165, 1.54) is 5.56 Å². The molecular weight excluding hydrogens is 337 g/mol. The van der Waals surface area contributed by atoms with Crippen molar-refractivity contribution in [2.45, 2.75) is 39.8 Å². The van der Waals surface area contributed by atoms with E-state index in [1.54, 1.807) is 0 Å². The second-order valence-electron chi connectivity index (χ2n) is 5.06. The van der Waals surface area contributed by atoms with Crippen LogP contribution in [0.4, 0.5) is 0 Å². The van der Waals surface area contributed by atoms with Gasteiger partial charge in [0.15, 0.2) is 5.96 Å². The molecule has 0 saturated heterocycles. The van der Waals surface area contributed by atoms with Crippen LogP contribution in [-0.2, 0) is 6.54 Å². The van der Waals surface area contributed by atoms with Crippen LogP contribution in [0, 0.1) is 0 Å². The molecular formula is C14H24IN3. The molecule has 0 atom stereocenters. The molecule has 2 N–H and O–H groups in total. The second kappa shape index (κ2) is 8.34. The SMILES string of the molecule is CCNC(=NCc1ccccc1)NC(C)(C)C.I. The quantitative estimate of drug-likeness (QED) is 0.493. The fraction of sp³-hybridized carbons (Fsp3) is 0.500. The minimum Gasteiger partial charge on any atom is -0.357 e. The molecule has 0 unspecified atom stereocenters. The molecule has 18 heavy (non-hydrogen) atoms. The van der Waals surface area contributed by atoms with Gasteiger partial charge in [0.1, 0.15) is 0 Å². The number of guanidine groups is 1. The van der Waals surface area contributed by atoms with Gasteiger partial charge in [-0.05, 0) is 33.3 Å². The van der Waals surface area contributed by atoms with Crippen molar-refractivity contribution in [3.8, 4) is 0 Å². The third-order valence-electron chi connectivity index (χ3n) is 2.10. The number of rotatable bonds is 3. The van der Waals surface area contributed by atoms with Gasteiger partial charge in [0.05, 0.1) is 6.54 Å². The van der Waals surface area contributed by atoms with Gasteiger partial charge in [0, 0.05) is 12.1 Å². The van der Waals surface area contributed by atoms with E-state index in [1.807, 2.05) is 18.2 Å². The van der Waals surface area contributed by atoms with Crippen LogP contribution in [0.25, 0.3) is 0 Å². The van der Waals surface area contributed by atoms with Crippen molar-refractivity contribution < 1.29 is 0 Å². The van der Waals surface area contributed by atoms with Gasteiger partial charge >= 0.3 is 0 Å². The van der Waals surface area contributed by atoms with Crippen molar-refractivity contribution in [3.63, 3.8) is 0 Å². The van der Waals surface area contributed by atoms with E-state index in [-0.39, 0.29) is 29.5 Å². The van der Waals surface area contributed by atoms with E-state index in [2.05, 4.69) is 55.5 Å². The molecule has 4 heteroatoms. The van der Waals surface area contributed by atoms with E-state index in [0.717, 1.165) is 12.5 Å². The molecule has 1 aromatic carbocycles. The molecule has 0 aliphatic rings. The van der Waals surface area contributed by atoms with Crippen molar-refractivity contribution in [3.05, 3.63) is 35.9 Å². The smallest absolute Gasteiger partial charge is 0.191 e. The van der Waals surface area contributed by atoms with Crippen molar-refractivity contribution in [2.75, 3.05) is 6.54 Å². The Morgan fingerprint density at radius 2 is 1.78 bits per heavy atom. The third kappa shape index (κ3) is 7.53. The lowest BCUT2D eigenvalue weighted by Gasteiger charge is -2.23. The summed E-state index contributed by atoms with van der Waals surface area (Å²) in [7, 11) is 0. The van der Waals surface area contributed by atoms with E-state index in [4.69, 9.17) is 0 Å². The highest BCUT2D eigenvalue weighted by Gasteiger charge is 2.11. The first-order valence-electron chi connectivity index (χ1n) is 6.11. The van der Waals surface area contributed by atoms with Crippen molar-refractivity contribution in [1.29, 1.82) is 0 Å². The first-order chi connectivity index (χ1) is 8.01. The maximum absolute atomic E-state index is 4.56. The van der Waals surface area contributed by atoms with Crippen LogP contribution in [-0.4, -0.2) is 18.0 Å². The van der Waals surface area contributed by atoms with Crippen LogP contribution in [0.1, 0.15) is 33.3 Å². The Morgan fingerprint density at radius 1 is 1.17 bits per heavy atom. The normalized spacial score (nSPS) is 11.7. The fourth-order valence-electron chi connectivity index (χ4n) is 1.42. The average molecular weight is 361 g/mol. The molecule has 1 rings (SSSR count). The summed E-state index contributed by atoms with van der Waals surface area (Å²) in [5.74, 6) is 0.865. The van der Waals surface area contributed by atoms with Crippen molar-refractivity contribution >= 4 is 29.9 Å². The van der Waals surface area contributed by atoms with E-state index < -0.39 is 0 Å². The van der Waals surface area contributed by atoms with Gasteiger partial charge in [0.2, 0.25) is 0 Å². The van der Waals surface area contributed by atoms with E-state index in [9.17, 15) is 0 Å². The number of aliphatic imine (C=N–C) groups is 1. The standard InChI is InChI=1S/C14H23N3.HI/c1-5-15-13(17-14(2,3)4)16-11-12-9-7-6-8-10-12;/h6-10H,5,11H2,1-4H3,(H2,15,16,17);1H. The molecule has 0 bridgehead atoms. The summed E-state index contributed by atoms with van der Waals surface area (Å²) in [6.07, 6.45) is 0. The summed E-state index contributed by atoms with van der Waals surface area (Å²) in [4.78, 5) is 4.56. The molecule has 0 aliphatic carbocycles. The summed E-state index contributed by atoms with van der Waals surface area (Å²) < 4.78 is 0. The summed E-state index contributed by atoms with van der Waals surface area (Å²) in [5, 5.41) is 6.61. The van der Waals surface area contributed by atoms with Crippen LogP contribution in [0.3, 0.4) is 0 Å². The Labute approximate surface area is 127 Å². The lowest BCUT2D eigenvalue weighted by Crippen LogP contribution is -2.47. The van der Waals surface area contributed by atoms with Crippen LogP contribution in [0.2, 0.25) is 0 Å². The molecule has 1 aromatic rings. The Morgan fingerprint density at radius 3 is 2.28 bits per heavy atom. The van der Waals surface area contributed by atoms with Crippen LogP contribution < -0.4 is 10.6 Å². The summed E-state index contributed by atoms with van der Waals surface area (Å²) >= 11 is 0. The van der Waals surface area contributed by atoms with Crippen molar-refractivity contribution in [1.82, 2.24) is 10.6 Å². The zero-order valence-corrected chi connectivity index (χ0v) is 14.0. The molecule has 0 spiro atoms. The number of halogens is 1. The van der Waals surface area contributed by atoms with Gasteiger partial charge in [-0.15, -0.1) is 24.0 Å². The van der Waals surface area contributed by atoms with Gasteiger partial charge in [0.25, 0.3) is 0 Å². The highest BCUT2D eigenvalue weighted by atomic mass is 127. The average Bonchev–Trinajstić information content (AvgIpc) is 2.26. The van der Waals surface area contributed by atoms with E-state index in [0.29, 0.717) is 6.54 Å². The lowest BCUT2D eigenvalue weighted by molar-refractivity contribution is 0.501. The molecule has 0 aliphatic heterocycles. The first-order valence-corrected chi connectivity index (χ1v) is 6.11. The van der Waals surface area contributed by atoms with E-state index >= 15 is 0 Å². The van der Waals surface area contributed by atoms with Gasteiger partial charge in [-0.25, -0.2) is 4.99 Å². The van der Waals surface area contributed by atoms with Gasteiger partial charge in [-0.2, -0.15) is 0 Å². The first kappa shape index (κ1) is 17.2. The third-order valence-corrected chi connectivity index (χ3v) is 2.10. The minimum absolute atomic E-state index is 0. The van der Waals surface area contributed by atoms with Gasteiger partial charge in [-0.1, -0.05) is 30.3 Å². The second-order valence-corrected chi connectivity index (χ2v) is 5.06. The number of hydrogen-bond donors (Lipinski definition) is 2. The number of nitrogens with zero attached hydrogens (tertiary/aromatic N) is 1. The van der Waals surface area contributed by atoms with Crippen molar-refractivity contribution in [2.24, 2.45) is 4.99 Å². The largest absolute Gasteiger partial charge is 0.357 e. The molecule has 3 nitrogen and oxygen atoms in total. The summed E-state index contributed by atoms with van der Waals surface area (Å²) in [6, 6.07) is 10.3. The van der Waals surface area contributed by atoms with Crippen LogP contribution in [0.15, 0.2) is 35.3 Å². The molecule has 0 amide bonds. The molecule has 102 valence electrons. The minimum atomic E-state index is 0. The zero-order chi connectivity index (χ0) is 12.7. The fourth-order valence-corrected chi connectivity index (χ4v) is 1.42. The number of nitrogens with one attached hydrogen (secondary N) is 2. The number of hydrogen-bond acceptors (Lipinski definition) is 1. The Bertz CT molecular complexity index is 355. The van der Waals surface area contributed by atoms with Crippen LogP contribution in [0.5, 0.6) is 0 Å². The summed E-state index contributed by atoms with van der Waals surface area (Å²) in [6.45, 7) is 10.0. The predicted molar refractivity (Wildman–Crippen MR) is 89.6 cm³/mol. The monoisotopic (exact) mass is 361 g/mol.